The van der Waals surface area contributed by atoms with Gasteiger partial charge < -0.3 is 30.1 Å². The Morgan fingerprint density at radius 3 is 1.08 bits per heavy atom. The molecule has 250 valence electrons. The summed E-state index contributed by atoms with van der Waals surface area (Å²) in [4.78, 5) is 11.9. The Morgan fingerprint density at radius 1 is 0.420 bits per heavy atom. The number of benzene rings is 5. The minimum atomic E-state index is -0.192. The van der Waals surface area contributed by atoms with Gasteiger partial charge in [0.15, 0.2) is 0 Å². The van der Waals surface area contributed by atoms with Gasteiger partial charge in [0.2, 0.25) is 0 Å². The van der Waals surface area contributed by atoms with Gasteiger partial charge in [-0.15, -0.1) is 0 Å². The molecule has 50 heavy (non-hydrogen) atoms. The van der Waals surface area contributed by atoms with Crippen molar-refractivity contribution in [2.75, 3.05) is 0 Å². The number of phenols is 4. The predicted octanol–water partition coefficient (Wildman–Crippen LogP) is 6.97. The summed E-state index contributed by atoms with van der Waals surface area (Å²) in [7, 11) is 0. The first-order chi connectivity index (χ1) is 24.3. The molecule has 2 heterocycles. The maximum absolute atomic E-state index is 11.7. The van der Waals surface area contributed by atoms with E-state index in [1.807, 2.05) is 60.7 Å². The molecule has 0 aromatic heterocycles. The minimum Gasteiger partial charge on any atom is -0.507 e. The van der Waals surface area contributed by atoms with Crippen LogP contribution in [0, 0.1) is 0 Å². The summed E-state index contributed by atoms with van der Waals surface area (Å²) in [5, 5.41) is 55.6. The molecule has 0 spiro atoms. The maximum Gasteiger partial charge on any atom is 0.137 e. The van der Waals surface area contributed by atoms with Gasteiger partial charge in [-0.05, 0) is 66.8 Å². The van der Waals surface area contributed by atoms with Crippen LogP contribution in [0.4, 0.5) is 0 Å². The van der Waals surface area contributed by atoms with E-state index in [1.54, 1.807) is 0 Å². The lowest BCUT2D eigenvalue weighted by molar-refractivity contribution is 0.0857. The number of rotatable bonds is 0. The first-order valence-electron chi connectivity index (χ1n) is 17.2. The third kappa shape index (κ3) is 5.50. The van der Waals surface area contributed by atoms with Crippen molar-refractivity contribution in [2.45, 2.75) is 63.6 Å². The zero-order valence-electron chi connectivity index (χ0n) is 27.4. The lowest BCUT2D eigenvalue weighted by Crippen LogP contribution is -2.13. The molecule has 5 aromatic rings. The largest absolute Gasteiger partial charge is 0.507 e. The highest BCUT2D eigenvalue weighted by molar-refractivity contribution is 6.04. The number of nitrogens with zero attached hydrogens (tertiary/aromatic N) is 2. The zero-order chi connectivity index (χ0) is 33.9. The first-order valence-corrected chi connectivity index (χ1v) is 17.2. The van der Waals surface area contributed by atoms with E-state index in [-0.39, 0.29) is 60.9 Å². The number of phenolic OH excluding ortho intramolecular Hbond substituents is 4. The number of aromatic hydroxyl groups is 4. The molecule has 0 amide bonds. The monoisotopic (exact) mass is 664 g/mol. The molecule has 0 unspecified atom stereocenters. The molecule has 16 bridgehead atoms. The van der Waals surface area contributed by atoms with Gasteiger partial charge in [-0.25, -0.2) is 0 Å². The van der Waals surface area contributed by atoms with Gasteiger partial charge in [0.25, 0.3) is 0 Å². The lowest BCUT2D eigenvalue weighted by Gasteiger charge is -2.19. The van der Waals surface area contributed by atoms with Crippen molar-refractivity contribution in [1.29, 1.82) is 0 Å². The molecule has 0 radical (unpaired) electrons. The van der Waals surface area contributed by atoms with Crippen molar-refractivity contribution in [3.63, 3.8) is 0 Å². The van der Waals surface area contributed by atoms with E-state index in [1.165, 1.54) is 0 Å². The molecule has 7 aliphatic rings. The first kappa shape index (κ1) is 30.3. The van der Waals surface area contributed by atoms with Crippen LogP contribution in [0.1, 0.15) is 79.6 Å². The summed E-state index contributed by atoms with van der Waals surface area (Å²) in [6, 6.07) is 27.4. The molecule has 0 saturated carbocycles. The van der Waals surface area contributed by atoms with E-state index in [9.17, 15) is 20.4 Å². The van der Waals surface area contributed by atoms with Crippen LogP contribution in [0.25, 0.3) is 0 Å². The van der Waals surface area contributed by atoms with Crippen LogP contribution in [0.3, 0.4) is 0 Å². The van der Waals surface area contributed by atoms with Crippen LogP contribution in [-0.2, 0) is 48.2 Å². The van der Waals surface area contributed by atoms with Crippen molar-refractivity contribution in [3.8, 4) is 23.0 Å². The van der Waals surface area contributed by atoms with Gasteiger partial charge in [-0.3, -0.25) is 0 Å². The quantitative estimate of drug-likeness (QED) is 0.139. The maximum atomic E-state index is 11.7. The molecular formula is C42H36N2O6. The molecule has 0 saturated heterocycles. The molecule has 2 aliphatic heterocycles. The standard InChI is InChI=1S/C42H36N2O6/c45-39-27-3-1-4-28(39)18-32-12-24-14-34(42(32)48)20-30-6-2-5-29(40(30)46)19-33-13-23(11-31(17-27)41(33)47)15-35-21-37(43-49-35)25-7-9-26(10-8-25)38-22-36(16-24)50-44-38/h1-14,35-36,45-48H,15-22H2/t35-,36-/m0/s1. The number of hydrogen-bond donors (Lipinski definition) is 4. The smallest absolute Gasteiger partial charge is 0.137 e. The molecule has 2 atom stereocenters. The highest BCUT2D eigenvalue weighted by Gasteiger charge is 2.27. The third-order valence-corrected chi connectivity index (χ3v) is 10.5. The topological polar surface area (TPSA) is 124 Å². The Labute approximate surface area is 289 Å². The van der Waals surface area contributed by atoms with Crippen LogP contribution < -0.4 is 0 Å². The number of oxime groups is 2. The normalized spacial score (nSPS) is 19.0. The number of hydrogen-bond acceptors (Lipinski definition) is 8. The SMILES string of the molecule is Oc1c2cccc1Cc1cc3cc(c1O)Cc1cccc(c1O)Cc1cc(cc(c1O)C2)C[C@H]1CC(=NO1)c1ccc(cc1)C1=NO[C@H](C1)C3. The van der Waals surface area contributed by atoms with Crippen LogP contribution in [0.2, 0.25) is 0 Å². The fourth-order valence-electron chi connectivity index (χ4n) is 7.92. The molecule has 5 aromatic carbocycles. The van der Waals surface area contributed by atoms with E-state index in [2.05, 4.69) is 34.6 Å². The fraction of sp³-hybridized carbons (Fsp3) is 0.238. The highest BCUT2D eigenvalue weighted by Crippen LogP contribution is 2.39. The second kappa shape index (κ2) is 12.0. The zero-order valence-corrected chi connectivity index (χ0v) is 27.4. The van der Waals surface area contributed by atoms with E-state index < -0.39 is 0 Å². The Kier molecular flexibility index (Phi) is 7.26. The number of para-hydroxylation sites is 2. The molecular weight excluding hydrogens is 628 g/mol. The van der Waals surface area contributed by atoms with E-state index >= 15 is 0 Å². The summed E-state index contributed by atoms with van der Waals surface area (Å²) in [5.74, 6) is 0.549. The Bertz CT molecular complexity index is 1990. The second-order valence-corrected chi connectivity index (χ2v) is 14.0. The Morgan fingerprint density at radius 2 is 0.740 bits per heavy atom. The summed E-state index contributed by atoms with van der Waals surface area (Å²) in [6.07, 6.45) is 3.17. The van der Waals surface area contributed by atoms with Crippen LogP contribution in [0.15, 0.2) is 95.2 Å². The molecule has 8 nitrogen and oxygen atoms in total. The van der Waals surface area contributed by atoms with Crippen molar-refractivity contribution >= 4 is 11.4 Å². The summed E-state index contributed by atoms with van der Waals surface area (Å²) < 4.78 is 0. The van der Waals surface area contributed by atoms with Crippen molar-refractivity contribution in [2.24, 2.45) is 10.3 Å². The predicted molar refractivity (Wildman–Crippen MR) is 190 cm³/mol. The van der Waals surface area contributed by atoms with Gasteiger partial charge in [-0.2, -0.15) is 0 Å². The highest BCUT2D eigenvalue weighted by atomic mass is 16.6. The van der Waals surface area contributed by atoms with Gasteiger partial charge in [0.1, 0.15) is 35.2 Å². The summed E-state index contributed by atoms with van der Waals surface area (Å²) in [6.45, 7) is 0. The van der Waals surface area contributed by atoms with Crippen LogP contribution >= 0.6 is 0 Å². The third-order valence-electron chi connectivity index (χ3n) is 10.5. The van der Waals surface area contributed by atoms with Gasteiger partial charge in [0.05, 0.1) is 11.4 Å². The summed E-state index contributed by atoms with van der Waals surface area (Å²) >= 11 is 0. The van der Waals surface area contributed by atoms with Gasteiger partial charge in [-0.1, -0.05) is 95.2 Å². The molecule has 5 aliphatic carbocycles. The van der Waals surface area contributed by atoms with E-state index in [0.717, 1.165) is 33.7 Å². The van der Waals surface area contributed by atoms with Crippen molar-refractivity contribution < 1.29 is 30.1 Å². The lowest BCUT2D eigenvalue weighted by atomic mass is 9.88. The summed E-state index contributed by atoms with van der Waals surface area (Å²) in [5.41, 5.74) is 11.0. The van der Waals surface area contributed by atoms with Crippen LogP contribution in [-0.4, -0.2) is 44.1 Å². The van der Waals surface area contributed by atoms with Gasteiger partial charge in [0, 0.05) is 51.4 Å². The molecule has 0 fully saturated rings. The van der Waals surface area contributed by atoms with Gasteiger partial charge >= 0.3 is 0 Å². The fourth-order valence-corrected chi connectivity index (χ4v) is 7.92. The second-order valence-electron chi connectivity index (χ2n) is 14.0. The van der Waals surface area contributed by atoms with Crippen molar-refractivity contribution in [1.82, 2.24) is 0 Å². The Hall–Kier alpha value is -5.76. The van der Waals surface area contributed by atoms with E-state index in [0.29, 0.717) is 70.2 Å². The minimum absolute atomic E-state index is 0.136. The molecule has 12 rings (SSSR count). The molecule has 4 N–H and O–H groups in total. The average Bonchev–Trinajstić information content (AvgIpc) is 3.78. The van der Waals surface area contributed by atoms with Crippen molar-refractivity contribution in [3.05, 3.63) is 152 Å². The van der Waals surface area contributed by atoms with E-state index in [4.69, 9.17) is 9.68 Å². The average molecular weight is 665 g/mol. The van der Waals surface area contributed by atoms with Crippen LogP contribution in [0.5, 0.6) is 23.0 Å². The Balaban J connectivity index is 1.24. The molecule has 8 heteroatoms.